The van der Waals surface area contributed by atoms with Crippen molar-refractivity contribution in [2.24, 2.45) is 17.8 Å². The van der Waals surface area contributed by atoms with Gasteiger partial charge in [-0.3, -0.25) is 33.6 Å². The Morgan fingerprint density at radius 1 is 0.579 bits per heavy atom. The minimum Gasteiger partial charge on any atom is -0.481 e. The van der Waals surface area contributed by atoms with Crippen LogP contribution in [0.1, 0.15) is 193 Å². The Labute approximate surface area is 341 Å². The van der Waals surface area contributed by atoms with Gasteiger partial charge in [0.05, 0.1) is 12.0 Å². The minimum absolute atomic E-state index is 0.0617. The number of ether oxygens (including phenoxy) is 1. The minimum atomic E-state index is -1.16. The van der Waals surface area contributed by atoms with Crippen molar-refractivity contribution in [3.63, 3.8) is 0 Å². The molecule has 0 radical (unpaired) electrons. The van der Waals surface area contributed by atoms with Crippen LogP contribution >= 0.6 is 0 Å². The molecule has 328 valence electrons. The number of Topliss-reactive ketones (excluding diaryl/α,β-unsaturated/α-hetero) is 2. The first kappa shape index (κ1) is 51.7. The lowest BCUT2D eigenvalue weighted by molar-refractivity contribution is -0.145. The van der Waals surface area contributed by atoms with Crippen molar-refractivity contribution in [2.45, 2.75) is 199 Å². The number of hydrogen-bond acceptors (Lipinski definition) is 8. The molecular weight excluding hydrogens is 732 g/mol. The fraction of sp³-hybridized carbons (Fsp3) is 0.841. The molecule has 13 nitrogen and oxygen atoms in total. The molecule has 1 aliphatic rings. The summed E-state index contributed by atoms with van der Waals surface area (Å²) < 4.78 is 5.24. The van der Waals surface area contributed by atoms with Gasteiger partial charge >= 0.3 is 17.9 Å². The van der Waals surface area contributed by atoms with E-state index in [4.69, 9.17) is 14.9 Å². The maximum atomic E-state index is 13.1. The molecule has 0 heterocycles. The predicted octanol–water partition coefficient (Wildman–Crippen LogP) is 8.19. The van der Waals surface area contributed by atoms with E-state index in [0.29, 0.717) is 51.9 Å². The molecule has 0 aromatic heterocycles. The number of carboxylic acid groups (broad SMARTS) is 3. The third kappa shape index (κ3) is 28.7. The van der Waals surface area contributed by atoms with Crippen molar-refractivity contribution in [3.05, 3.63) is 0 Å². The second-order valence-electron chi connectivity index (χ2n) is 16.1. The third-order valence-corrected chi connectivity index (χ3v) is 11.2. The monoisotopic (exact) mass is 809 g/mol. The van der Waals surface area contributed by atoms with E-state index in [9.17, 15) is 38.7 Å². The summed E-state index contributed by atoms with van der Waals surface area (Å²) in [6, 6.07) is -0.982. The van der Waals surface area contributed by atoms with Crippen LogP contribution in [0.25, 0.3) is 0 Å². The van der Waals surface area contributed by atoms with Gasteiger partial charge in [-0.1, -0.05) is 89.9 Å². The molecule has 0 aromatic carbocycles. The van der Waals surface area contributed by atoms with E-state index in [1.54, 1.807) is 0 Å². The summed E-state index contributed by atoms with van der Waals surface area (Å²) in [4.78, 5) is 84.4. The van der Waals surface area contributed by atoms with Crippen molar-refractivity contribution in [2.75, 3.05) is 19.8 Å². The lowest BCUT2D eigenvalue weighted by Crippen LogP contribution is -2.41. The number of ketones is 2. The van der Waals surface area contributed by atoms with Gasteiger partial charge in [0.2, 0.25) is 11.8 Å². The van der Waals surface area contributed by atoms with E-state index >= 15 is 0 Å². The number of carboxylic acids is 3. The molecule has 2 amide bonds. The number of carbonyl (C=O) groups is 7. The quantitative estimate of drug-likeness (QED) is 0.0375. The van der Waals surface area contributed by atoms with Crippen molar-refractivity contribution < 1.29 is 53.6 Å². The Bertz CT molecular complexity index is 1170. The highest BCUT2D eigenvalue weighted by atomic mass is 16.5. The van der Waals surface area contributed by atoms with Gasteiger partial charge in [0, 0.05) is 64.2 Å². The van der Waals surface area contributed by atoms with Crippen molar-refractivity contribution in [1.29, 1.82) is 0 Å². The Kier molecular flexibility index (Phi) is 30.5. The Morgan fingerprint density at radius 2 is 1.09 bits per heavy atom. The zero-order valence-electron chi connectivity index (χ0n) is 35.0. The molecule has 1 aliphatic carbocycles. The highest BCUT2D eigenvalue weighted by Crippen LogP contribution is 2.31. The zero-order chi connectivity index (χ0) is 42.1. The van der Waals surface area contributed by atoms with Crippen LogP contribution in [0.15, 0.2) is 0 Å². The van der Waals surface area contributed by atoms with Crippen LogP contribution in [0.4, 0.5) is 0 Å². The van der Waals surface area contributed by atoms with Crippen molar-refractivity contribution >= 4 is 41.3 Å². The lowest BCUT2D eigenvalue weighted by Gasteiger charge is -2.28. The fourth-order valence-electron chi connectivity index (χ4n) is 7.61. The lowest BCUT2D eigenvalue weighted by atomic mass is 9.78. The third-order valence-electron chi connectivity index (χ3n) is 11.2. The molecule has 57 heavy (non-hydrogen) atoms. The van der Waals surface area contributed by atoms with Gasteiger partial charge in [0.25, 0.3) is 0 Å². The number of hydrogen-bond donors (Lipinski definition) is 5. The summed E-state index contributed by atoms with van der Waals surface area (Å²) in [5.41, 5.74) is 0. The molecule has 13 heteroatoms. The second-order valence-corrected chi connectivity index (χ2v) is 16.1. The number of amides is 2. The summed E-state index contributed by atoms with van der Waals surface area (Å²) >= 11 is 0. The molecule has 0 spiro atoms. The Morgan fingerprint density at radius 3 is 1.58 bits per heavy atom. The zero-order valence-corrected chi connectivity index (χ0v) is 35.0. The van der Waals surface area contributed by atoms with Gasteiger partial charge in [-0.05, 0) is 70.6 Å². The Hall–Kier alpha value is -3.35. The maximum absolute atomic E-state index is 13.1. The van der Waals surface area contributed by atoms with Gasteiger partial charge in [-0.2, -0.15) is 0 Å². The van der Waals surface area contributed by atoms with Crippen LogP contribution < -0.4 is 10.6 Å². The highest BCUT2D eigenvalue weighted by Gasteiger charge is 2.31. The molecule has 1 fully saturated rings. The van der Waals surface area contributed by atoms with Crippen molar-refractivity contribution in [1.82, 2.24) is 10.6 Å². The highest BCUT2D eigenvalue weighted by molar-refractivity contribution is 5.90. The molecule has 2 atom stereocenters. The van der Waals surface area contributed by atoms with Crippen molar-refractivity contribution in [3.8, 4) is 0 Å². The molecule has 0 aromatic rings. The summed E-state index contributed by atoms with van der Waals surface area (Å²) in [5.74, 6) is -4.84. The first-order valence-electron chi connectivity index (χ1n) is 22.3. The summed E-state index contributed by atoms with van der Waals surface area (Å²) in [6.07, 6.45) is 22.2. The summed E-state index contributed by atoms with van der Waals surface area (Å²) in [7, 11) is 0. The van der Waals surface area contributed by atoms with Crippen LogP contribution in [0.5, 0.6) is 0 Å². The normalized spacial score (nSPS) is 16.4. The molecule has 0 aliphatic heterocycles. The average Bonchev–Trinajstić information content (AvgIpc) is 3.18. The number of nitrogens with one attached hydrogen (secondary N) is 2. The Balaban J connectivity index is 2.17. The standard InChI is InChI=1S/C44H76N2O11/c1-2-57-31-19-20-38(47)37(28-30-43(53)54)46-41(50)29-27-36(44(55)56)32-39(48)35-25-23-34(24-26-35)33-45-40(49)21-17-15-13-11-9-7-5-3-4-6-8-10-12-14-16-18-22-42(51)52/h34-37H,2-33H2,1H3,(H,45,49)(H,46,50)(H,51,52)(H,53,54)(H,55,56)/t34?,35?,36-,37+/m1/s1. The van der Waals surface area contributed by atoms with E-state index in [0.717, 1.165) is 51.4 Å². The van der Waals surface area contributed by atoms with Crippen LogP contribution in [0.2, 0.25) is 0 Å². The van der Waals surface area contributed by atoms with Gasteiger partial charge in [-0.15, -0.1) is 0 Å². The largest absolute Gasteiger partial charge is 0.481 e. The first-order valence-corrected chi connectivity index (χ1v) is 22.3. The summed E-state index contributed by atoms with van der Waals surface area (Å²) in [6.45, 7) is 3.31. The van der Waals surface area contributed by atoms with E-state index in [1.165, 1.54) is 64.2 Å². The molecular formula is C44H76N2O11. The topological polar surface area (TPSA) is 213 Å². The van der Waals surface area contributed by atoms with Gasteiger partial charge in [0.15, 0.2) is 5.78 Å². The number of carbonyl (C=O) groups excluding carboxylic acids is 4. The smallest absolute Gasteiger partial charge is 0.306 e. The molecule has 0 saturated heterocycles. The van der Waals surface area contributed by atoms with Gasteiger partial charge < -0.3 is 30.7 Å². The average molecular weight is 809 g/mol. The predicted molar refractivity (Wildman–Crippen MR) is 219 cm³/mol. The van der Waals surface area contributed by atoms with E-state index < -0.39 is 35.8 Å². The molecule has 1 saturated carbocycles. The molecule has 0 bridgehead atoms. The maximum Gasteiger partial charge on any atom is 0.306 e. The molecule has 1 rings (SSSR count). The van der Waals surface area contributed by atoms with E-state index in [-0.39, 0.29) is 67.8 Å². The molecule has 5 N–H and O–H groups in total. The van der Waals surface area contributed by atoms with E-state index in [1.807, 2.05) is 6.92 Å². The van der Waals surface area contributed by atoms with Gasteiger partial charge in [0.1, 0.15) is 5.78 Å². The number of unbranched alkanes of at least 4 members (excludes halogenated alkanes) is 15. The first-order chi connectivity index (χ1) is 27.4. The number of rotatable bonds is 38. The van der Waals surface area contributed by atoms with E-state index in [2.05, 4.69) is 10.6 Å². The van der Waals surface area contributed by atoms with Crippen LogP contribution in [0, 0.1) is 17.8 Å². The van der Waals surface area contributed by atoms with Crippen LogP contribution in [-0.2, 0) is 38.3 Å². The number of aliphatic carboxylic acids is 3. The van der Waals surface area contributed by atoms with Crippen LogP contribution in [0.3, 0.4) is 0 Å². The second kappa shape index (κ2) is 33.6. The summed E-state index contributed by atoms with van der Waals surface area (Å²) in [5, 5.41) is 33.2. The molecule has 0 unspecified atom stereocenters. The van der Waals surface area contributed by atoms with Crippen LogP contribution in [-0.4, -0.2) is 82.4 Å². The SMILES string of the molecule is CCOCCCC(=O)[C@H](CCC(=O)O)NC(=O)CC[C@H](CC(=O)C1CCC(CNC(=O)CCCCCCCCCCCCCCCCCCC(=O)O)CC1)C(=O)O. The van der Waals surface area contributed by atoms with Gasteiger partial charge in [-0.25, -0.2) is 0 Å². The fourth-order valence-corrected chi connectivity index (χ4v) is 7.61.